The predicted octanol–water partition coefficient (Wildman–Crippen LogP) is 2.83. The Balaban J connectivity index is 2.18. The van der Waals surface area contributed by atoms with Crippen molar-refractivity contribution in [3.8, 4) is 5.75 Å². The summed E-state index contributed by atoms with van der Waals surface area (Å²) in [5, 5.41) is 2.72. The summed E-state index contributed by atoms with van der Waals surface area (Å²) in [5.41, 5.74) is 0.231. The Hall–Kier alpha value is -2.78. The van der Waals surface area contributed by atoms with Crippen LogP contribution in [-0.4, -0.2) is 40.1 Å². The molecule has 2 aromatic rings. The number of sulfonamides is 1. The van der Waals surface area contributed by atoms with Crippen LogP contribution in [0.15, 0.2) is 47.4 Å². The van der Waals surface area contributed by atoms with Crippen LogP contribution in [0.5, 0.6) is 5.75 Å². The first-order valence-corrected chi connectivity index (χ1v) is 10.4. The lowest BCUT2D eigenvalue weighted by Gasteiger charge is -2.13. The summed E-state index contributed by atoms with van der Waals surface area (Å²) in [6.45, 7) is 3.05. The van der Waals surface area contributed by atoms with Crippen LogP contribution in [0.2, 0.25) is 5.02 Å². The van der Waals surface area contributed by atoms with Crippen molar-refractivity contribution in [2.24, 2.45) is 0 Å². The fraction of sp³-hybridized carbons (Fsp3) is 0.263. The molecule has 0 unspecified atom stereocenters. The monoisotopic (exact) mass is 440 g/mol. The first-order chi connectivity index (χ1) is 13.6. The van der Waals surface area contributed by atoms with Gasteiger partial charge in [0.2, 0.25) is 0 Å². The zero-order valence-electron chi connectivity index (χ0n) is 16.1. The second-order valence-corrected chi connectivity index (χ2v) is 8.32. The van der Waals surface area contributed by atoms with Crippen LogP contribution in [0.4, 0.5) is 5.69 Å². The summed E-state index contributed by atoms with van der Waals surface area (Å²) in [6.07, 6.45) is -0.303. The minimum atomic E-state index is -4.03. The van der Waals surface area contributed by atoms with E-state index >= 15 is 0 Å². The number of halogens is 1. The van der Waals surface area contributed by atoms with Gasteiger partial charge in [-0.05, 0) is 50.2 Å². The van der Waals surface area contributed by atoms with Crippen LogP contribution >= 0.6 is 11.6 Å². The second kappa shape index (κ2) is 9.62. The van der Waals surface area contributed by atoms with Crippen LogP contribution in [0.25, 0.3) is 0 Å². The van der Waals surface area contributed by atoms with Gasteiger partial charge in [0.15, 0.2) is 0 Å². The highest BCUT2D eigenvalue weighted by Gasteiger charge is 2.19. The molecule has 0 bridgehead atoms. The van der Waals surface area contributed by atoms with Crippen molar-refractivity contribution in [3.05, 3.63) is 53.1 Å². The summed E-state index contributed by atoms with van der Waals surface area (Å²) in [4.78, 5) is 23.6. The molecule has 0 spiro atoms. The number of ether oxygens (including phenoxy) is 2. The van der Waals surface area contributed by atoms with Gasteiger partial charge in [-0.25, -0.2) is 8.42 Å². The minimum absolute atomic E-state index is 0.0725. The van der Waals surface area contributed by atoms with Gasteiger partial charge in [-0.3, -0.25) is 14.3 Å². The first kappa shape index (κ1) is 22.5. The molecule has 0 aliphatic heterocycles. The van der Waals surface area contributed by atoms with Crippen LogP contribution in [-0.2, 0) is 19.6 Å². The number of methoxy groups -OCH3 is 1. The van der Waals surface area contributed by atoms with Crippen molar-refractivity contribution >= 4 is 39.2 Å². The maximum atomic E-state index is 12.7. The van der Waals surface area contributed by atoms with E-state index in [1.165, 1.54) is 43.5 Å². The topological polar surface area (TPSA) is 111 Å². The molecule has 29 heavy (non-hydrogen) atoms. The third-order valence-corrected chi connectivity index (χ3v) is 5.17. The standard InChI is InChI=1S/C19H21ClN2O6S/c1-12(2)28-18(23)11-21-19(24)13-5-4-6-15(9-13)29(25,26)22-16-10-14(20)7-8-17(16)27-3/h4-10,12,22H,11H2,1-3H3,(H,21,24). The maximum Gasteiger partial charge on any atom is 0.325 e. The number of nitrogens with one attached hydrogen (secondary N) is 2. The molecule has 8 nitrogen and oxygen atoms in total. The number of carbonyl (C=O) groups is 2. The largest absolute Gasteiger partial charge is 0.495 e. The van der Waals surface area contributed by atoms with E-state index < -0.39 is 21.9 Å². The lowest BCUT2D eigenvalue weighted by molar-refractivity contribution is -0.146. The molecule has 0 fully saturated rings. The van der Waals surface area contributed by atoms with Gasteiger partial charge in [0.05, 0.1) is 23.8 Å². The molecule has 0 aliphatic rings. The molecule has 0 saturated carbocycles. The average Bonchev–Trinajstić information content (AvgIpc) is 2.65. The molecule has 0 aliphatic carbocycles. The fourth-order valence-electron chi connectivity index (χ4n) is 2.33. The van der Waals surface area contributed by atoms with Gasteiger partial charge in [0.1, 0.15) is 12.3 Å². The van der Waals surface area contributed by atoms with Crippen molar-refractivity contribution < 1.29 is 27.5 Å². The van der Waals surface area contributed by atoms with E-state index in [1.54, 1.807) is 19.9 Å². The summed E-state index contributed by atoms with van der Waals surface area (Å²) in [6, 6.07) is 9.89. The maximum absolute atomic E-state index is 12.7. The van der Waals surface area contributed by atoms with Gasteiger partial charge in [-0.15, -0.1) is 0 Å². The van der Waals surface area contributed by atoms with E-state index in [0.29, 0.717) is 5.02 Å². The van der Waals surface area contributed by atoms with Gasteiger partial charge in [0.25, 0.3) is 15.9 Å². The number of esters is 1. The zero-order valence-corrected chi connectivity index (χ0v) is 17.6. The van der Waals surface area contributed by atoms with E-state index in [-0.39, 0.29) is 34.5 Å². The quantitative estimate of drug-likeness (QED) is 0.610. The SMILES string of the molecule is COc1ccc(Cl)cc1NS(=O)(=O)c1cccc(C(=O)NCC(=O)OC(C)C)c1. The summed E-state index contributed by atoms with van der Waals surface area (Å²) in [5.74, 6) is -0.912. The Morgan fingerprint density at radius 1 is 1.14 bits per heavy atom. The van der Waals surface area contributed by atoms with E-state index in [4.69, 9.17) is 21.1 Å². The molecule has 0 atom stereocenters. The highest BCUT2D eigenvalue weighted by molar-refractivity contribution is 7.92. The molecular formula is C19H21ClN2O6S. The van der Waals surface area contributed by atoms with Crippen LogP contribution in [0, 0.1) is 0 Å². The Kier molecular flexibility index (Phi) is 7.46. The van der Waals surface area contributed by atoms with E-state index in [0.717, 1.165) is 0 Å². The lowest BCUT2D eigenvalue weighted by Crippen LogP contribution is -2.31. The highest BCUT2D eigenvalue weighted by atomic mass is 35.5. The summed E-state index contributed by atoms with van der Waals surface area (Å²) < 4.78 is 37.9. The van der Waals surface area contributed by atoms with Crippen LogP contribution in [0.1, 0.15) is 24.2 Å². The first-order valence-electron chi connectivity index (χ1n) is 8.56. The molecule has 156 valence electrons. The Bertz CT molecular complexity index is 1010. The van der Waals surface area contributed by atoms with Crippen molar-refractivity contribution in [1.82, 2.24) is 5.32 Å². The zero-order chi connectivity index (χ0) is 21.6. The van der Waals surface area contributed by atoms with Crippen molar-refractivity contribution in [2.75, 3.05) is 18.4 Å². The van der Waals surface area contributed by atoms with Gasteiger partial charge < -0.3 is 14.8 Å². The Morgan fingerprint density at radius 2 is 1.86 bits per heavy atom. The molecule has 0 saturated heterocycles. The molecule has 0 heterocycles. The molecule has 1 amide bonds. The molecule has 2 aromatic carbocycles. The van der Waals surface area contributed by atoms with Crippen LogP contribution in [0.3, 0.4) is 0 Å². The third-order valence-electron chi connectivity index (χ3n) is 3.57. The van der Waals surface area contributed by atoms with E-state index in [2.05, 4.69) is 10.0 Å². The smallest absolute Gasteiger partial charge is 0.325 e. The third kappa shape index (κ3) is 6.37. The highest BCUT2D eigenvalue weighted by Crippen LogP contribution is 2.29. The van der Waals surface area contributed by atoms with E-state index in [9.17, 15) is 18.0 Å². The normalized spacial score (nSPS) is 11.1. The number of anilines is 1. The molecule has 2 N–H and O–H groups in total. The summed E-state index contributed by atoms with van der Waals surface area (Å²) >= 11 is 5.93. The molecule has 0 aromatic heterocycles. The number of amides is 1. The number of benzene rings is 2. The number of hydrogen-bond acceptors (Lipinski definition) is 6. The predicted molar refractivity (Wildman–Crippen MR) is 109 cm³/mol. The van der Waals surface area contributed by atoms with Gasteiger partial charge in [0, 0.05) is 10.6 Å². The average molecular weight is 441 g/mol. The van der Waals surface area contributed by atoms with Crippen LogP contribution < -0.4 is 14.8 Å². The second-order valence-electron chi connectivity index (χ2n) is 6.20. The molecular weight excluding hydrogens is 420 g/mol. The Labute approximate surface area is 174 Å². The van der Waals surface area contributed by atoms with Crippen molar-refractivity contribution in [3.63, 3.8) is 0 Å². The van der Waals surface area contributed by atoms with E-state index in [1.807, 2.05) is 0 Å². The number of carbonyl (C=O) groups excluding carboxylic acids is 2. The molecule has 0 radical (unpaired) electrons. The lowest BCUT2D eigenvalue weighted by atomic mass is 10.2. The molecule has 10 heteroatoms. The van der Waals surface area contributed by atoms with Crippen molar-refractivity contribution in [2.45, 2.75) is 24.8 Å². The fourth-order valence-corrected chi connectivity index (χ4v) is 3.61. The minimum Gasteiger partial charge on any atom is -0.495 e. The van der Waals surface area contributed by atoms with Crippen molar-refractivity contribution in [1.29, 1.82) is 0 Å². The van der Waals surface area contributed by atoms with Gasteiger partial charge in [-0.2, -0.15) is 0 Å². The number of hydrogen-bond donors (Lipinski definition) is 2. The Morgan fingerprint density at radius 3 is 2.52 bits per heavy atom. The van der Waals surface area contributed by atoms with Gasteiger partial charge >= 0.3 is 5.97 Å². The molecule has 2 rings (SSSR count). The van der Waals surface area contributed by atoms with Gasteiger partial charge in [-0.1, -0.05) is 17.7 Å². The number of rotatable bonds is 8. The summed E-state index contributed by atoms with van der Waals surface area (Å²) in [7, 11) is -2.63.